The van der Waals surface area contributed by atoms with Gasteiger partial charge in [0.25, 0.3) is 0 Å². The molecule has 0 aliphatic heterocycles. The van der Waals surface area contributed by atoms with Crippen molar-refractivity contribution in [3.8, 4) is 0 Å². The third kappa shape index (κ3) is 3.46. The van der Waals surface area contributed by atoms with Crippen LogP contribution in [0.3, 0.4) is 0 Å². The second-order valence-electron chi connectivity index (χ2n) is 4.77. The van der Waals surface area contributed by atoms with E-state index in [1.807, 2.05) is 13.0 Å². The van der Waals surface area contributed by atoms with E-state index in [4.69, 9.17) is 5.84 Å². The molecule has 0 spiro atoms. The summed E-state index contributed by atoms with van der Waals surface area (Å²) in [6, 6.07) is 6.49. The van der Waals surface area contributed by atoms with E-state index in [0.717, 1.165) is 24.5 Å². The third-order valence-electron chi connectivity index (χ3n) is 3.32. The Balaban J connectivity index is 2.16. The molecule has 0 amide bonds. The molecule has 6 heteroatoms. The highest BCUT2D eigenvalue weighted by Gasteiger charge is 2.14. The quantitative estimate of drug-likeness (QED) is 0.632. The maximum absolute atomic E-state index is 5.47. The zero-order valence-electron chi connectivity index (χ0n) is 12.1. The van der Waals surface area contributed by atoms with E-state index in [9.17, 15) is 0 Å². The van der Waals surface area contributed by atoms with Crippen LogP contribution < -0.4 is 16.2 Å². The topological polar surface area (TPSA) is 67.1 Å². The molecule has 2 heterocycles. The summed E-state index contributed by atoms with van der Waals surface area (Å²) in [5.74, 6) is 7.82. The van der Waals surface area contributed by atoms with E-state index in [0.29, 0.717) is 11.9 Å². The molecule has 2 aromatic rings. The second-order valence-corrected chi connectivity index (χ2v) is 5.80. The number of nitrogen functional groups attached to an aromatic ring is 1. The number of hydrogen-bond donors (Lipinski definition) is 2. The Hall–Kier alpha value is -1.66. The van der Waals surface area contributed by atoms with Gasteiger partial charge in [-0.2, -0.15) is 0 Å². The predicted molar refractivity (Wildman–Crippen MR) is 85.1 cm³/mol. The van der Waals surface area contributed by atoms with E-state index < -0.39 is 0 Å². The summed E-state index contributed by atoms with van der Waals surface area (Å²) in [6.45, 7) is 4.23. The van der Waals surface area contributed by atoms with Crippen LogP contribution >= 0.6 is 11.3 Å². The molecular formula is C14H21N5S. The summed E-state index contributed by atoms with van der Waals surface area (Å²) in [5, 5.41) is 2.11. The third-order valence-corrected chi connectivity index (χ3v) is 4.22. The number of anilines is 2. The highest BCUT2D eigenvalue weighted by molar-refractivity contribution is 7.09. The first-order valence-electron chi connectivity index (χ1n) is 6.73. The smallest absolute Gasteiger partial charge is 0.145 e. The van der Waals surface area contributed by atoms with Crippen LogP contribution in [-0.4, -0.2) is 23.1 Å². The second kappa shape index (κ2) is 6.67. The number of nitrogens with two attached hydrogens (primary N) is 1. The number of aromatic nitrogens is 2. The van der Waals surface area contributed by atoms with Crippen molar-refractivity contribution < 1.29 is 0 Å². The molecule has 0 saturated carbocycles. The molecule has 0 fully saturated rings. The lowest BCUT2D eigenvalue weighted by Crippen LogP contribution is -2.31. The van der Waals surface area contributed by atoms with Gasteiger partial charge in [0, 0.05) is 36.9 Å². The minimum absolute atomic E-state index is 0.360. The number of nitrogens with one attached hydrogen (secondary N) is 1. The maximum Gasteiger partial charge on any atom is 0.145 e. The number of aryl methyl sites for hydroxylation is 1. The maximum atomic E-state index is 5.47. The lowest BCUT2D eigenvalue weighted by Gasteiger charge is -2.26. The van der Waals surface area contributed by atoms with Crippen LogP contribution in [0.25, 0.3) is 0 Å². The minimum atomic E-state index is 0.360. The molecule has 0 aliphatic rings. The largest absolute Gasteiger partial charge is 0.356 e. The average Bonchev–Trinajstić information content (AvgIpc) is 2.98. The molecule has 5 nitrogen and oxygen atoms in total. The molecule has 108 valence electrons. The normalized spacial score (nSPS) is 12.2. The number of nitrogens with zero attached hydrogens (tertiary/aromatic N) is 3. The van der Waals surface area contributed by atoms with Gasteiger partial charge in [0.2, 0.25) is 0 Å². The van der Waals surface area contributed by atoms with E-state index in [-0.39, 0.29) is 0 Å². The van der Waals surface area contributed by atoms with Gasteiger partial charge in [0.1, 0.15) is 17.5 Å². The highest BCUT2D eigenvalue weighted by Crippen LogP contribution is 2.20. The molecule has 2 rings (SSSR count). The Labute approximate surface area is 123 Å². The van der Waals surface area contributed by atoms with Crippen LogP contribution in [0.1, 0.15) is 24.5 Å². The number of rotatable bonds is 6. The number of thiophene rings is 1. The molecule has 0 bridgehead atoms. The molecule has 2 aromatic heterocycles. The van der Waals surface area contributed by atoms with Gasteiger partial charge in [-0.15, -0.1) is 11.3 Å². The van der Waals surface area contributed by atoms with E-state index >= 15 is 0 Å². The average molecular weight is 291 g/mol. The van der Waals surface area contributed by atoms with Crippen molar-refractivity contribution in [2.75, 3.05) is 17.4 Å². The summed E-state index contributed by atoms with van der Waals surface area (Å²) in [5.41, 5.74) is 2.61. The van der Waals surface area contributed by atoms with Gasteiger partial charge in [-0.1, -0.05) is 13.0 Å². The van der Waals surface area contributed by atoms with Crippen LogP contribution in [0.2, 0.25) is 0 Å². The van der Waals surface area contributed by atoms with Crippen molar-refractivity contribution in [3.05, 3.63) is 34.3 Å². The van der Waals surface area contributed by atoms with Crippen LogP contribution in [0.5, 0.6) is 0 Å². The summed E-state index contributed by atoms with van der Waals surface area (Å²) in [7, 11) is 2.06. The van der Waals surface area contributed by atoms with Crippen molar-refractivity contribution in [2.45, 2.75) is 32.7 Å². The monoisotopic (exact) mass is 291 g/mol. The van der Waals surface area contributed by atoms with Crippen molar-refractivity contribution in [1.82, 2.24) is 9.97 Å². The lowest BCUT2D eigenvalue weighted by molar-refractivity contribution is 0.676. The van der Waals surface area contributed by atoms with E-state index in [1.54, 1.807) is 11.3 Å². The summed E-state index contributed by atoms with van der Waals surface area (Å²) in [6.07, 6.45) is 1.79. The number of likely N-dealkylation sites (N-methyl/N-ethyl adjacent to an activating group) is 1. The van der Waals surface area contributed by atoms with Gasteiger partial charge in [-0.3, -0.25) is 0 Å². The fourth-order valence-corrected chi connectivity index (χ4v) is 2.80. The fraction of sp³-hybridized carbons (Fsp3) is 0.429. The molecule has 0 aliphatic carbocycles. The van der Waals surface area contributed by atoms with Gasteiger partial charge < -0.3 is 10.3 Å². The Morgan fingerprint density at radius 3 is 2.85 bits per heavy atom. The standard InChI is InChI=1S/C14H21N5S/c1-4-12-16-13(18-15)9-14(17-12)19(3)10(2)8-11-6-5-7-20-11/h5-7,9-10H,4,8,15H2,1-3H3,(H,16,17,18). The van der Waals surface area contributed by atoms with E-state index in [2.05, 4.69) is 51.8 Å². The van der Waals surface area contributed by atoms with Gasteiger partial charge in [-0.25, -0.2) is 15.8 Å². The van der Waals surface area contributed by atoms with Crippen LogP contribution in [0.15, 0.2) is 23.6 Å². The molecule has 20 heavy (non-hydrogen) atoms. The Morgan fingerprint density at radius 2 is 2.25 bits per heavy atom. The minimum Gasteiger partial charge on any atom is -0.356 e. The van der Waals surface area contributed by atoms with Gasteiger partial charge in [0.05, 0.1) is 0 Å². The Bertz CT molecular complexity index is 518. The first-order valence-corrected chi connectivity index (χ1v) is 7.61. The summed E-state index contributed by atoms with van der Waals surface area (Å²) < 4.78 is 0. The molecule has 0 saturated heterocycles. The highest BCUT2D eigenvalue weighted by atomic mass is 32.1. The first-order chi connectivity index (χ1) is 9.63. The number of hydrazine groups is 1. The van der Waals surface area contributed by atoms with Crippen LogP contribution in [-0.2, 0) is 12.8 Å². The lowest BCUT2D eigenvalue weighted by atomic mass is 10.2. The molecule has 0 radical (unpaired) electrons. The molecule has 1 atom stereocenters. The Morgan fingerprint density at radius 1 is 1.45 bits per heavy atom. The van der Waals surface area contributed by atoms with Crippen molar-refractivity contribution in [3.63, 3.8) is 0 Å². The molecule has 3 N–H and O–H groups in total. The molecule has 1 unspecified atom stereocenters. The Kier molecular flexibility index (Phi) is 4.92. The van der Waals surface area contributed by atoms with Crippen molar-refractivity contribution >= 4 is 23.0 Å². The summed E-state index contributed by atoms with van der Waals surface area (Å²) in [4.78, 5) is 12.4. The molecular weight excluding hydrogens is 270 g/mol. The SMILES string of the molecule is CCc1nc(NN)cc(N(C)C(C)Cc2cccs2)n1. The van der Waals surface area contributed by atoms with E-state index in [1.165, 1.54) is 4.88 Å². The zero-order chi connectivity index (χ0) is 14.5. The predicted octanol–water partition coefficient (Wildman–Crippen LogP) is 2.45. The van der Waals surface area contributed by atoms with Gasteiger partial charge in [0.15, 0.2) is 0 Å². The van der Waals surface area contributed by atoms with Crippen LogP contribution in [0, 0.1) is 0 Å². The fourth-order valence-electron chi connectivity index (χ4n) is 1.98. The first kappa shape index (κ1) is 14.7. The number of hydrogen-bond acceptors (Lipinski definition) is 6. The summed E-state index contributed by atoms with van der Waals surface area (Å²) >= 11 is 1.79. The zero-order valence-corrected chi connectivity index (χ0v) is 12.9. The van der Waals surface area contributed by atoms with Gasteiger partial charge in [-0.05, 0) is 18.4 Å². The van der Waals surface area contributed by atoms with Crippen LogP contribution in [0.4, 0.5) is 11.6 Å². The van der Waals surface area contributed by atoms with Gasteiger partial charge >= 0.3 is 0 Å². The van der Waals surface area contributed by atoms with Crippen molar-refractivity contribution in [1.29, 1.82) is 0 Å². The molecule has 0 aromatic carbocycles. The van der Waals surface area contributed by atoms with Crippen molar-refractivity contribution in [2.24, 2.45) is 5.84 Å².